The van der Waals surface area contributed by atoms with E-state index in [1.807, 2.05) is 0 Å². The summed E-state index contributed by atoms with van der Waals surface area (Å²) in [6, 6.07) is 8.55. The van der Waals surface area contributed by atoms with Crippen LogP contribution in [0.5, 0.6) is 0 Å². The van der Waals surface area contributed by atoms with Gasteiger partial charge < -0.3 is 5.73 Å². The van der Waals surface area contributed by atoms with Gasteiger partial charge in [0.05, 0.1) is 0 Å². The zero-order chi connectivity index (χ0) is 13.9. The molecular weight excluding hydrogens is 248 g/mol. The van der Waals surface area contributed by atoms with Gasteiger partial charge in [-0.15, -0.1) is 0 Å². The van der Waals surface area contributed by atoms with Gasteiger partial charge in [-0.25, -0.2) is 0 Å². The number of hydrogen-bond acceptors (Lipinski definition) is 2. The molecule has 0 bridgehead atoms. The van der Waals surface area contributed by atoms with E-state index >= 15 is 0 Å². The lowest BCUT2D eigenvalue weighted by Crippen LogP contribution is -2.40. The first-order chi connectivity index (χ1) is 9.74. The van der Waals surface area contributed by atoms with Crippen molar-refractivity contribution in [2.45, 2.75) is 62.9 Å². The highest BCUT2D eigenvalue weighted by atomic mass is 16.1. The summed E-state index contributed by atoms with van der Waals surface area (Å²) in [4.78, 5) is 11.8. The Labute approximate surface area is 120 Å². The molecule has 3 N–H and O–H groups in total. The van der Waals surface area contributed by atoms with E-state index < -0.39 is 0 Å². The van der Waals surface area contributed by atoms with E-state index in [1.165, 1.54) is 37.7 Å². The third-order valence-corrected chi connectivity index (χ3v) is 4.61. The van der Waals surface area contributed by atoms with Crippen molar-refractivity contribution in [3.8, 4) is 0 Å². The summed E-state index contributed by atoms with van der Waals surface area (Å²) >= 11 is 0. The monoisotopic (exact) mass is 272 g/mol. The van der Waals surface area contributed by atoms with E-state index in [4.69, 9.17) is 5.73 Å². The largest absolute Gasteiger partial charge is 0.368 e. The number of nitrogens with one attached hydrogen (secondary N) is 1. The summed E-state index contributed by atoms with van der Waals surface area (Å²) in [5.74, 6) is 0.483. The molecule has 0 radical (unpaired) electrons. The fourth-order valence-electron chi connectivity index (χ4n) is 3.22. The molecule has 0 aromatic heterocycles. The van der Waals surface area contributed by atoms with Gasteiger partial charge in [-0.05, 0) is 42.7 Å². The Hall–Kier alpha value is -1.35. The van der Waals surface area contributed by atoms with Crippen LogP contribution in [-0.4, -0.2) is 11.9 Å². The van der Waals surface area contributed by atoms with E-state index in [0.717, 1.165) is 24.3 Å². The molecule has 20 heavy (non-hydrogen) atoms. The zero-order valence-electron chi connectivity index (χ0n) is 12.0. The summed E-state index contributed by atoms with van der Waals surface area (Å²) in [5, 5.41) is 3.46. The number of amides is 1. The Morgan fingerprint density at radius 1 is 1.05 bits per heavy atom. The number of rotatable bonds is 5. The third-order valence-electron chi connectivity index (χ3n) is 4.61. The predicted octanol–water partition coefficient (Wildman–Crippen LogP) is 3.01. The molecule has 1 amide bonds. The number of benzene rings is 1. The van der Waals surface area contributed by atoms with Crippen LogP contribution < -0.4 is 11.1 Å². The number of nitrogens with two attached hydrogens (primary N) is 1. The van der Waals surface area contributed by atoms with Crippen molar-refractivity contribution < 1.29 is 4.79 Å². The Balaban J connectivity index is 1.69. The summed E-state index contributed by atoms with van der Waals surface area (Å²) in [6.45, 7) is 0. The van der Waals surface area contributed by atoms with Crippen LogP contribution in [-0.2, 0) is 4.79 Å². The topological polar surface area (TPSA) is 55.1 Å². The van der Waals surface area contributed by atoms with Gasteiger partial charge in [0.2, 0.25) is 5.91 Å². The smallest absolute Gasteiger partial charge is 0.239 e. The highest BCUT2D eigenvalue weighted by Gasteiger charge is 2.25. The second kappa shape index (κ2) is 5.96. The molecule has 0 aliphatic heterocycles. The second-order valence-corrected chi connectivity index (χ2v) is 6.28. The molecule has 2 aliphatic carbocycles. The van der Waals surface area contributed by atoms with Crippen molar-refractivity contribution in [2.24, 2.45) is 5.73 Å². The van der Waals surface area contributed by atoms with Crippen LogP contribution >= 0.6 is 0 Å². The molecule has 0 spiro atoms. The summed E-state index contributed by atoms with van der Waals surface area (Å²) in [7, 11) is 0. The van der Waals surface area contributed by atoms with Crippen molar-refractivity contribution >= 4 is 5.91 Å². The van der Waals surface area contributed by atoms with E-state index in [9.17, 15) is 4.79 Å². The fraction of sp³-hybridized carbons (Fsp3) is 0.588. The Kier molecular flexibility index (Phi) is 4.06. The second-order valence-electron chi connectivity index (χ2n) is 6.28. The lowest BCUT2D eigenvalue weighted by atomic mass is 9.93. The normalized spacial score (nSPS) is 21.6. The van der Waals surface area contributed by atoms with Crippen LogP contribution in [0, 0.1) is 0 Å². The van der Waals surface area contributed by atoms with Crippen LogP contribution in [0.1, 0.15) is 68.0 Å². The molecule has 108 valence electrons. The first-order valence-corrected chi connectivity index (χ1v) is 7.89. The molecule has 2 aliphatic rings. The van der Waals surface area contributed by atoms with Gasteiger partial charge in [-0.3, -0.25) is 10.1 Å². The predicted molar refractivity (Wildman–Crippen MR) is 80.4 cm³/mol. The third kappa shape index (κ3) is 3.21. The van der Waals surface area contributed by atoms with Crippen LogP contribution in [0.25, 0.3) is 0 Å². The molecule has 0 heterocycles. The van der Waals surface area contributed by atoms with Gasteiger partial charge in [0, 0.05) is 6.04 Å². The standard InChI is InChI=1S/C17H24N2O/c18-17(20)16(19-15-4-2-1-3-5-15)14-10-8-13(9-11-14)12-6-7-12/h8-12,15-16,19H,1-7H2,(H2,18,20). The Bertz CT molecular complexity index is 458. The van der Waals surface area contributed by atoms with Crippen LogP contribution in [0.4, 0.5) is 0 Å². The minimum atomic E-state index is -0.341. The molecular formula is C17H24N2O. The first-order valence-electron chi connectivity index (χ1n) is 7.89. The van der Waals surface area contributed by atoms with Crippen LogP contribution in [0.3, 0.4) is 0 Å². The lowest BCUT2D eigenvalue weighted by molar-refractivity contribution is -0.120. The molecule has 3 nitrogen and oxygen atoms in total. The summed E-state index contributed by atoms with van der Waals surface area (Å²) < 4.78 is 0. The highest BCUT2D eigenvalue weighted by Crippen LogP contribution is 2.40. The van der Waals surface area contributed by atoms with Crippen LogP contribution in [0.2, 0.25) is 0 Å². The Morgan fingerprint density at radius 2 is 1.70 bits per heavy atom. The lowest BCUT2D eigenvalue weighted by Gasteiger charge is -2.27. The zero-order valence-corrected chi connectivity index (χ0v) is 12.0. The molecule has 2 saturated carbocycles. The maximum atomic E-state index is 11.8. The van der Waals surface area contributed by atoms with Crippen molar-refractivity contribution in [2.75, 3.05) is 0 Å². The molecule has 0 saturated heterocycles. The minimum Gasteiger partial charge on any atom is -0.368 e. The molecule has 1 unspecified atom stereocenters. The maximum Gasteiger partial charge on any atom is 0.239 e. The number of primary amides is 1. The van der Waals surface area contributed by atoms with Gasteiger partial charge >= 0.3 is 0 Å². The van der Waals surface area contributed by atoms with Gasteiger partial charge in [0.15, 0.2) is 0 Å². The van der Waals surface area contributed by atoms with Gasteiger partial charge in [0.25, 0.3) is 0 Å². The molecule has 3 heteroatoms. The minimum absolute atomic E-state index is 0.269. The fourth-order valence-corrected chi connectivity index (χ4v) is 3.22. The van der Waals surface area contributed by atoms with Gasteiger partial charge in [-0.1, -0.05) is 43.5 Å². The summed E-state index contributed by atoms with van der Waals surface area (Å²) in [5.41, 5.74) is 8.00. The summed E-state index contributed by atoms with van der Waals surface area (Å²) in [6.07, 6.45) is 8.74. The maximum absolute atomic E-state index is 11.8. The Morgan fingerprint density at radius 3 is 2.25 bits per heavy atom. The average molecular weight is 272 g/mol. The SMILES string of the molecule is NC(=O)C(NC1CCCCC1)c1ccc(C2CC2)cc1. The van der Waals surface area contributed by atoms with Crippen molar-refractivity contribution in [3.05, 3.63) is 35.4 Å². The first kappa shape index (κ1) is 13.6. The quantitative estimate of drug-likeness (QED) is 0.865. The van der Waals surface area contributed by atoms with Crippen molar-refractivity contribution in [3.63, 3.8) is 0 Å². The molecule has 1 atom stereocenters. The molecule has 1 aromatic carbocycles. The van der Waals surface area contributed by atoms with E-state index in [-0.39, 0.29) is 11.9 Å². The number of carbonyl (C=O) groups is 1. The van der Waals surface area contributed by atoms with Crippen LogP contribution in [0.15, 0.2) is 24.3 Å². The molecule has 3 rings (SSSR count). The average Bonchev–Trinajstić information content (AvgIpc) is 3.30. The number of hydrogen-bond donors (Lipinski definition) is 2. The van der Waals surface area contributed by atoms with E-state index in [1.54, 1.807) is 0 Å². The van der Waals surface area contributed by atoms with Crippen molar-refractivity contribution in [1.29, 1.82) is 0 Å². The van der Waals surface area contributed by atoms with E-state index in [2.05, 4.69) is 29.6 Å². The van der Waals surface area contributed by atoms with Crippen molar-refractivity contribution in [1.82, 2.24) is 5.32 Å². The molecule has 1 aromatic rings. The highest BCUT2D eigenvalue weighted by molar-refractivity contribution is 5.81. The number of carbonyl (C=O) groups excluding carboxylic acids is 1. The molecule has 2 fully saturated rings. The van der Waals surface area contributed by atoms with E-state index in [0.29, 0.717) is 6.04 Å². The van der Waals surface area contributed by atoms with Gasteiger partial charge in [-0.2, -0.15) is 0 Å². The van der Waals surface area contributed by atoms with Gasteiger partial charge in [0.1, 0.15) is 6.04 Å².